The van der Waals surface area contributed by atoms with E-state index in [-0.39, 0.29) is 6.04 Å². The molecule has 2 rings (SSSR count). The second-order valence-electron chi connectivity index (χ2n) is 6.45. The van der Waals surface area contributed by atoms with Crippen molar-refractivity contribution in [1.29, 1.82) is 0 Å². The Morgan fingerprint density at radius 1 is 1.04 bits per heavy atom. The average molecular weight is 325 g/mol. The first-order valence-corrected chi connectivity index (χ1v) is 8.64. The highest BCUT2D eigenvalue weighted by Crippen LogP contribution is 2.22. The van der Waals surface area contributed by atoms with E-state index in [0.717, 1.165) is 12.0 Å². The predicted octanol–water partition coefficient (Wildman–Crippen LogP) is 4.55. The van der Waals surface area contributed by atoms with Crippen molar-refractivity contribution < 1.29 is 9.90 Å². The van der Waals surface area contributed by atoms with Crippen molar-refractivity contribution in [3.05, 3.63) is 71.3 Å². The third kappa shape index (κ3) is 4.93. The molecule has 0 saturated heterocycles. The standard InChI is InChI=1S/C21H27NO2/c1-4-20(21(23)24)19-12-8-9-17(14-19)13-15(2)22-16(3)18-10-6-5-7-11-18/h5-12,14-16,20,22H,4,13H2,1-3H3,(H,23,24)/t15-,16-,20?/m1/s1. The van der Waals surface area contributed by atoms with Gasteiger partial charge in [0, 0.05) is 12.1 Å². The van der Waals surface area contributed by atoms with Crippen LogP contribution in [-0.2, 0) is 11.2 Å². The fraction of sp³-hybridized carbons (Fsp3) is 0.381. The Morgan fingerprint density at radius 2 is 1.71 bits per heavy atom. The summed E-state index contributed by atoms with van der Waals surface area (Å²) in [6, 6.07) is 19.0. The van der Waals surface area contributed by atoms with Crippen LogP contribution in [0, 0.1) is 0 Å². The lowest BCUT2D eigenvalue weighted by atomic mass is 9.93. The Bertz CT molecular complexity index is 654. The van der Waals surface area contributed by atoms with E-state index in [4.69, 9.17) is 0 Å². The van der Waals surface area contributed by atoms with Crippen LogP contribution in [-0.4, -0.2) is 17.1 Å². The summed E-state index contributed by atoms with van der Waals surface area (Å²) in [5, 5.41) is 12.9. The molecular formula is C21H27NO2. The smallest absolute Gasteiger partial charge is 0.310 e. The molecule has 2 aromatic rings. The van der Waals surface area contributed by atoms with E-state index in [1.54, 1.807) is 0 Å². The number of hydrogen-bond acceptors (Lipinski definition) is 2. The summed E-state index contributed by atoms with van der Waals surface area (Å²) in [6.45, 7) is 6.25. The minimum absolute atomic E-state index is 0.284. The van der Waals surface area contributed by atoms with Crippen LogP contribution in [0.15, 0.2) is 54.6 Å². The summed E-state index contributed by atoms with van der Waals surface area (Å²) in [7, 11) is 0. The highest BCUT2D eigenvalue weighted by molar-refractivity contribution is 5.76. The van der Waals surface area contributed by atoms with Crippen LogP contribution in [0.25, 0.3) is 0 Å². The molecule has 0 amide bonds. The predicted molar refractivity (Wildman–Crippen MR) is 98.3 cm³/mol. The quantitative estimate of drug-likeness (QED) is 0.749. The molecule has 0 fully saturated rings. The van der Waals surface area contributed by atoms with Gasteiger partial charge in [0.25, 0.3) is 0 Å². The fourth-order valence-electron chi connectivity index (χ4n) is 3.17. The average Bonchev–Trinajstić information content (AvgIpc) is 2.56. The third-order valence-electron chi connectivity index (χ3n) is 4.44. The number of nitrogens with one attached hydrogen (secondary N) is 1. The molecule has 0 aromatic heterocycles. The maximum atomic E-state index is 11.4. The zero-order chi connectivity index (χ0) is 17.5. The van der Waals surface area contributed by atoms with Gasteiger partial charge >= 0.3 is 5.97 Å². The van der Waals surface area contributed by atoms with Crippen LogP contribution in [0.3, 0.4) is 0 Å². The molecule has 3 atom stereocenters. The van der Waals surface area contributed by atoms with Crippen LogP contribution in [0.4, 0.5) is 0 Å². The van der Waals surface area contributed by atoms with Gasteiger partial charge in [-0.25, -0.2) is 0 Å². The van der Waals surface area contributed by atoms with Gasteiger partial charge in [0.2, 0.25) is 0 Å². The monoisotopic (exact) mass is 325 g/mol. The van der Waals surface area contributed by atoms with Gasteiger partial charge in [-0.1, -0.05) is 61.5 Å². The molecule has 0 saturated carbocycles. The number of carbonyl (C=O) groups is 1. The molecule has 2 N–H and O–H groups in total. The molecule has 3 heteroatoms. The first-order chi connectivity index (χ1) is 11.5. The van der Waals surface area contributed by atoms with Crippen LogP contribution >= 0.6 is 0 Å². The molecule has 0 aliphatic rings. The Hall–Kier alpha value is -2.13. The van der Waals surface area contributed by atoms with Gasteiger partial charge in [0.1, 0.15) is 0 Å². The first kappa shape index (κ1) is 18.2. The number of carboxylic acid groups (broad SMARTS) is 1. The van der Waals surface area contributed by atoms with Gasteiger partial charge in [0.15, 0.2) is 0 Å². The molecular weight excluding hydrogens is 298 g/mol. The molecule has 1 unspecified atom stereocenters. The van der Waals surface area contributed by atoms with E-state index >= 15 is 0 Å². The van der Waals surface area contributed by atoms with E-state index in [2.05, 4.69) is 49.5 Å². The van der Waals surface area contributed by atoms with Gasteiger partial charge in [-0.2, -0.15) is 0 Å². The van der Waals surface area contributed by atoms with Gasteiger partial charge < -0.3 is 10.4 Å². The molecule has 2 aromatic carbocycles. The molecule has 0 aliphatic carbocycles. The lowest BCUT2D eigenvalue weighted by Crippen LogP contribution is -2.30. The van der Waals surface area contributed by atoms with Crippen LogP contribution in [0.2, 0.25) is 0 Å². The fourth-order valence-corrected chi connectivity index (χ4v) is 3.17. The summed E-state index contributed by atoms with van der Waals surface area (Å²) in [4.78, 5) is 11.4. The number of benzene rings is 2. The number of carboxylic acids is 1. The van der Waals surface area contributed by atoms with Crippen molar-refractivity contribution in [3.63, 3.8) is 0 Å². The molecule has 3 nitrogen and oxygen atoms in total. The SMILES string of the molecule is CCC(C(=O)O)c1cccc(C[C@@H](C)N[C@H](C)c2ccccc2)c1. The normalized spacial score (nSPS) is 14.8. The number of aliphatic carboxylic acids is 1. The molecule has 0 heterocycles. The summed E-state index contributed by atoms with van der Waals surface area (Å²) >= 11 is 0. The molecule has 128 valence electrons. The zero-order valence-electron chi connectivity index (χ0n) is 14.7. The summed E-state index contributed by atoms with van der Waals surface area (Å²) in [5.74, 6) is -1.17. The largest absolute Gasteiger partial charge is 0.481 e. The van der Waals surface area contributed by atoms with Gasteiger partial charge in [-0.3, -0.25) is 4.79 Å². The van der Waals surface area contributed by atoms with E-state index < -0.39 is 11.9 Å². The topological polar surface area (TPSA) is 49.3 Å². The Kier molecular flexibility index (Phi) is 6.56. The molecule has 0 bridgehead atoms. The Balaban J connectivity index is 2.01. The van der Waals surface area contributed by atoms with Crippen molar-refractivity contribution in [2.75, 3.05) is 0 Å². The maximum absolute atomic E-state index is 11.4. The van der Waals surface area contributed by atoms with Crippen LogP contribution in [0.5, 0.6) is 0 Å². The van der Waals surface area contributed by atoms with Crippen LogP contribution in [0.1, 0.15) is 55.8 Å². The maximum Gasteiger partial charge on any atom is 0.310 e. The van der Waals surface area contributed by atoms with E-state index in [1.165, 1.54) is 11.1 Å². The van der Waals surface area contributed by atoms with Crippen molar-refractivity contribution >= 4 is 5.97 Å². The highest BCUT2D eigenvalue weighted by atomic mass is 16.4. The summed E-state index contributed by atoms with van der Waals surface area (Å²) in [6.07, 6.45) is 1.48. The first-order valence-electron chi connectivity index (χ1n) is 8.64. The third-order valence-corrected chi connectivity index (χ3v) is 4.44. The lowest BCUT2D eigenvalue weighted by molar-refractivity contribution is -0.138. The number of rotatable bonds is 8. The van der Waals surface area contributed by atoms with Gasteiger partial charge in [-0.05, 0) is 43.4 Å². The summed E-state index contributed by atoms with van der Waals surface area (Å²) < 4.78 is 0. The number of hydrogen-bond donors (Lipinski definition) is 2. The van der Waals surface area contributed by atoms with E-state index in [1.807, 2.05) is 31.2 Å². The van der Waals surface area contributed by atoms with E-state index in [9.17, 15) is 9.90 Å². The lowest BCUT2D eigenvalue weighted by Gasteiger charge is -2.21. The molecule has 0 aliphatic heterocycles. The van der Waals surface area contributed by atoms with Gasteiger partial charge in [-0.15, -0.1) is 0 Å². The van der Waals surface area contributed by atoms with Gasteiger partial charge in [0.05, 0.1) is 5.92 Å². The van der Waals surface area contributed by atoms with Crippen molar-refractivity contribution in [2.24, 2.45) is 0 Å². The second-order valence-corrected chi connectivity index (χ2v) is 6.45. The molecule has 24 heavy (non-hydrogen) atoms. The van der Waals surface area contributed by atoms with Crippen molar-refractivity contribution in [1.82, 2.24) is 5.32 Å². The highest BCUT2D eigenvalue weighted by Gasteiger charge is 2.18. The van der Waals surface area contributed by atoms with E-state index in [0.29, 0.717) is 12.5 Å². The molecule has 0 radical (unpaired) electrons. The zero-order valence-corrected chi connectivity index (χ0v) is 14.7. The minimum atomic E-state index is -0.751. The molecule has 0 spiro atoms. The van der Waals surface area contributed by atoms with Crippen molar-refractivity contribution in [2.45, 2.75) is 51.6 Å². The Morgan fingerprint density at radius 3 is 2.33 bits per heavy atom. The summed E-state index contributed by atoms with van der Waals surface area (Å²) in [5.41, 5.74) is 3.34. The van der Waals surface area contributed by atoms with Crippen LogP contribution < -0.4 is 5.32 Å². The Labute approximate surface area is 144 Å². The minimum Gasteiger partial charge on any atom is -0.481 e. The second kappa shape index (κ2) is 8.65. The van der Waals surface area contributed by atoms with Crippen molar-refractivity contribution in [3.8, 4) is 0 Å².